The molecule has 1 N–H and O–H groups in total. The van der Waals surface area contributed by atoms with E-state index in [-0.39, 0.29) is 5.25 Å². The van der Waals surface area contributed by atoms with Crippen LogP contribution in [0.1, 0.15) is 26.7 Å². The highest BCUT2D eigenvalue weighted by Gasteiger charge is 2.32. The molecule has 0 aromatic carbocycles. The molecule has 2 aliphatic heterocycles. The number of hydrogen-bond acceptors (Lipinski definition) is 5. The lowest BCUT2D eigenvalue weighted by atomic mass is 10.1. The topological polar surface area (TPSA) is 58.5 Å². The molecule has 0 aromatic rings. The van der Waals surface area contributed by atoms with E-state index >= 15 is 0 Å². The van der Waals surface area contributed by atoms with E-state index in [1.54, 1.807) is 11.8 Å². The highest BCUT2D eigenvalue weighted by atomic mass is 32.2. The van der Waals surface area contributed by atoms with Crippen molar-refractivity contribution in [2.75, 3.05) is 18.8 Å². The first-order valence-corrected chi connectivity index (χ1v) is 8.75. The third kappa shape index (κ3) is 3.16. The van der Waals surface area contributed by atoms with Gasteiger partial charge in [-0.1, -0.05) is 25.6 Å². The summed E-state index contributed by atoms with van der Waals surface area (Å²) in [4.78, 5) is 4.42. The van der Waals surface area contributed by atoms with E-state index in [0.29, 0.717) is 23.5 Å². The van der Waals surface area contributed by atoms with Crippen molar-refractivity contribution in [2.45, 2.75) is 37.2 Å². The molecule has 0 aromatic heterocycles. The van der Waals surface area contributed by atoms with Crippen molar-refractivity contribution in [3.05, 3.63) is 0 Å². The van der Waals surface area contributed by atoms with Gasteiger partial charge in [-0.25, -0.2) is 8.42 Å². The first-order chi connectivity index (χ1) is 7.99. The van der Waals surface area contributed by atoms with Crippen LogP contribution in [0.2, 0.25) is 0 Å². The lowest BCUT2D eigenvalue weighted by molar-refractivity contribution is 0.587. The molecule has 0 amide bonds. The number of rotatable bonds is 3. The summed E-state index contributed by atoms with van der Waals surface area (Å²) >= 11 is 1.75. The van der Waals surface area contributed by atoms with Gasteiger partial charge in [0.15, 0.2) is 15.0 Å². The van der Waals surface area contributed by atoms with Crippen molar-refractivity contribution in [1.82, 2.24) is 5.32 Å². The molecular formula is C11H20N2O2S2. The van der Waals surface area contributed by atoms with Gasteiger partial charge in [0.1, 0.15) is 0 Å². The van der Waals surface area contributed by atoms with Crippen LogP contribution in [0.4, 0.5) is 0 Å². The van der Waals surface area contributed by atoms with Gasteiger partial charge in [-0.2, -0.15) is 0 Å². The number of thioether (sulfide) groups is 1. The maximum Gasteiger partial charge on any atom is 0.156 e. The van der Waals surface area contributed by atoms with Crippen LogP contribution in [0.3, 0.4) is 0 Å². The molecule has 2 unspecified atom stereocenters. The van der Waals surface area contributed by atoms with E-state index in [4.69, 9.17) is 0 Å². The Bertz CT molecular complexity index is 404. The molecule has 4 nitrogen and oxygen atoms in total. The van der Waals surface area contributed by atoms with E-state index in [1.165, 1.54) is 0 Å². The summed E-state index contributed by atoms with van der Waals surface area (Å²) < 4.78 is 23.3. The van der Waals surface area contributed by atoms with Gasteiger partial charge < -0.3 is 5.32 Å². The second-order valence-electron chi connectivity index (χ2n) is 5.06. The molecular weight excluding hydrogens is 256 g/mol. The molecule has 0 saturated carbocycles. The molecule has 0 aliphatic carbocycles. The largest absolute Gasteiger partial charge is 0.364 e. The molecule has 1 fully saturated rings. The van der Waals surface area contributed by atoms with Gasteiger partial charge in [-0.15, -0.1) is 0 Å². The molecule has 6 heteroatoms. The zero-order chi connectivity index (χ0) is 12.5. The van der Waals surface area contributed by atoms with Gasteiger partial charge in [0, 0.05) is 11.8 Å². The third-order valence-corrected chi connectivity index (χ3v) is 7.13. The lowest BCUT2D eigenvalue weighted by Crippen LogP contribution is -2.33. The summed E-state index contributed by atoms with van der Waals surface area (Å²) in [6, 6.07) is 0. The zero-order valence-corrected chi connectivity index (χ0v) is 12.0. The minimum Gasteiger partial charge on any atom is -0.364 e. The Morgan fingerprint density at radius 1 is 1.53 bits per heavy atom. The average molecular weight is 276 g/mol. The van der Waals surface area contributed by atoms with Gasteiger partial charge >= 0.3 is 0 Å². The average Bonchev–Trinajstić information content (AvgIpc) is 2.81. The molecule has 98 valence electrons. The number of hydrogen-bond donors (Lipinski definition) is 1. The van der Waals surface area contributed by atoms with Gasteiger partial charge in [-0.05, 0) is 18.8 Å². The monoisotopic (exact) mass is 276 g/mol. The number of aliphatic imine (C=N–C) groups is 1. The Labute approximate surface area is 108 Å². The van der Waals surface area contributed by atoms with Crippen LogP contribution in [0.5, 0.6) is 0 Å². The highest BCUT2D eigenvalue weighted by molar-refractivity contribution is 8.14. The number of nitrogens with one attached hydrogen (secondary N) is 1. The minimum atomic E-state index is -2.84. The van der Waals surface area contributed by atoms with Crippen LogP contribution in [-0.4, -0.2) is 42.9 Å². The normalized spacial score (nSPS) is 31.8. The lowest BCUT2D eigenvalue weighted by Gasteiger charge is -2.14. The number of amidine groups is 1. The Morgan fingerprint density at radius 2 is 2.29 bits per heavy atom. The summed E-state index contributed by atoms with van der Waals surface area (Å²) in [5.74, 6) is 0.964. The van der Waals surface area contributed by atoms with E-state index in [9.17, 15) is 8.42 Å². The molecule has 1 saturated heterocycles. The zero-order valence-electron chi connectivity index (χ0n) is 10.3. The molecule has 2 atom stereocenters. The first-order valence-electron chi connectivity index (χ1n) is 6.15. The van der Waals surface area contributed by atoms with E-state index in [0.717, 1.165) is 24.6 Å². The van der Waals surface area contributed by atoms with Crippen LogP contribution in [-0.2, 0) is 9.84 Å². The van der Waals surface area contributed by atoms with Crippen LogP contribution < -0.4 is 5.32 Å². The van der Waals surface area contributed by atoms with Crippen LogP contribution in [0.15, 0.2) is 4.99 Å². The predicted molar refractivity (Wildman–Crippen MR) is 73.3 cm³/mol. The van der Waals surface area contributed by atoms with Crippen molar-refractivity contribution in [3.8, 4) is 0 Å². The summed E-state index contributed by atoms with van der Waals surface area (Å²) in [5.41, 5.74) is 0. The van der Waals surface area contributed by atoms with Gasteiger partial charge in [-0.3, -0.25) is 4.99 Å². The fraction of sp³-hybridized carbons (Fsp3) is 0.909. The SMILES string of the molecule is CC(C)C1CN=C(NCC2CCCS2(=O)=O)S1. The predicted octanol–water partition coefficient (Wildman–Crippen LogP) is 1.28. The smallest absolute Gasteiger partial charge is 0.156 e. The Morgan fingerprint density at radius 3 is 2.82 bits per heavy atom. The Hall–Kier alpha value is -0.230. The Kier molecular flexibility index (Phi) is 4.02. The van der Waals surface area contributed by atoms with Gasteiger partial charge in [0.25, 0.3) is 0 Å². The van der Waals surface area contributed by atoms with Gasteiger partial charge in [0.05, 0.1) is 17.5 Å². The fourth-order valence-corrected chi connectivity index (χ4v) is 4.91. The van der Waals surface area contributed by atoms with E-state index in [2.05, 4.69) is 24.2 Å². The molecule has 2 heterocycles. The second kappa shape index (κ2) is 5.18. The molecule has 2 aliphatic rings. The van der Waals surface area contributed by atoms with Crippen LogP contribution >= 0.6 is 11.8 Å². The quantitative estimate of drug-likeness (QED) is 0.843. The summed E-state index contributed by atoms with van der Waals surface area (Å²) in [5, 5.41) is 4.45. The van der Waals surface area contributed by atoms with Crippen LogP contribution in [0, 0.1) is 5.92 Å². The first kappa shape index (κ1) is 13.2. The molecule has 0 bridgehead atoms. The minimum absolute atomic E-state index is 0.205. The molecule has 17 heavy (non-hydrogen) atoms. The fourth-order valence-electron chi connectivity index (χ4n) is 2.12. The van der Waals surface area contributed by atoms with E-state index < -0.39 is 9.84 Å². The summed E-state index contributed by atoms with van der Waals surface area (Å²) in [6.07, 6.45) is 1.60. The van der Waals surface area contributed by atoms with Crippen molar-refractivity contribution >= 4 is 26.8 Å². The van der Waals surface area contributed by atoms with Crippen molar-refractivity contribution in [2.24, 2.45) is 10.9 Å². The van der Waals surface area contributed by atoms with E-state index in [1.807, 2.05) is 0 Å². The molecule has 0 spiro atoms. The maximum absolute atomic E-state index is 11.7. The molecule has 0 radical (unpaired) electrons. The maximum atomic E-state index is 11.7. The number of sulfone groups is 1. The van der Waals surface area contributed by atoms with Crippen molar-refractivity contribution in [3.63, 3.8) is 0 Å². The Balaban J connectivity index is 1.80. The standard InChI is InChI=1S/C11H20N2O2S2/c1-8(2)10-7-13-11(16-10)12-6-9-4-3-5-17(9,14)15/h8-10H,3-7H2,1-2H3,(H,12,13). The second-order valence-corrected chi connectivity index (χ2v) is 8.69. The van der Waals surface area contributed by atoms with Crippen molar-refractivity contribution in [1.29, 1.82) is 0 Å². The third-order valence-electron chi connectivity index (χ3n) is 3.37. The summed E-state index contributed by atoms with van der Waals surface area (Å²) in [6.45, 7) is 5.76. The molecule has 2 rings (SSSR count). The van der Waals surface area contributed by atoms with Crippen molar-refractivity contribution < 1.29 is 8.42 Å². The highest BCUT2D eigenvalue weighted by Crippen LogP contribution is 2.26. The number of nitrogens with zero attached hydrogens (tertiary/aromatic N) is 1. The van der Waals surface area contributed by atoms with Crippen LogP contribution in [0.25, 0.3) is 0 Å². The van der Waals surface area contributed by atoms with Gasteiger partial charge in [0.2, 0.25) is 0 Å². The summed E-state index contributed by atoms with van der Waals surface area (Å²) in [7, 11) is -2.84.